The fourth-order valence-corrected chi connectivity index (χ4v) is 2.49. The van der Waals surface area contributed by atoms with Gasteiger partial charge >= 0.3 is 12.2 Å². The number of hydrogen-bond acceptors (Lipinski definition) is 3. The number of nitrogens with zero attached hydrogens (tertiary/aromatic N) is 4. The molecule has 5 nitrogen and oxygen atoms in total. The first-order valence-corrected chi connectivity index (χ1v) is 6.82. The molecule has 1 aliphatic rings. The number of amides is 1. The predicted octanol–water partition coefficient (Wildman–Crippen LogP) is 3.33. The molecule has 0 unspecified atom stereocenters. The Morgan fingerprint density at radius 1 is 1.27 bits per heavy atom. The van der Waals surface area contributed by atoms with E-state index in [9.17, 15) is 18.0 Å². The summed E-state index contributed by atoms with van der Waals surface area (Å²) in [6.07, 6.45) is -0.132. The molecule has 0 N–H and O–H groups in total. The van der Waals surface area contributed by atoms with Gasteiger partial charge in [-0.15, -0.1) is 5.10 Å². The fraction of sp³-hybridized carbons (Fsp3) is 0.308. The van der Waals surface area contributed by atoms with Crippen molar-refractivity contribution in [3.63, 3.8) is 0 Å². The van der Waals surface area contributed by atoms with Crippen LogP contribution in [0, 0.1) is 0 Å². The molecular formula is C13H10ClF3N4O. The Morgan fingerprint density at radius 2 is 2.05 bits per heavy atom. The number of hydrogen-bond donors (Lipinski definition) is 0. The van der Waals surface area contributed by atoms with Crippen LogP contribution in [0.25, 0.3) is 11.0 Å². The highest BCUT2D eigenvalue weighted by Crippen LogP contribution is 2.34. The van der Waals surface area contributed by atoms with E-state index in [1.807, 2.05) is 12.2 Å². The first-order valence-electron chi connectivity index (χ1n) is 6.44. The van der Waals surface area contributed by atoms with E-state index < -0.39 is 17.8 Å². The SMILES string of the molecule is O=C(N1CC=CCC1)n1nnc2c(Cl)cc(C(F)(F)F)cc21. The minimum absolute atomic E-state index is 0.0561. The van der Waals surface area contributed by atoms with E-state index in [0.29, 0.717) is 19.5 Å². The molecule has 0 spiro atoms. The molecule has 22 heavy (non-hydrogen) atoms. The van der Waals surface area contributed by atoms with Crippen LogP contribution in [0.4, 0.5) is 18.0 Å². The van der Waals surface area contributed by atoms with Crippen LogP contribution in [0.1, 0.15) is 12.0 Å². The molecule has 9 heteroatoms. The van der Waals surface area contributed by atoms with Gasteiger partial charge in [-0.3, -0.25) is 0 Å². The van der Waals surface area contributed by atoms with E-state index >= 15 is 0 Å². The van der Waals surface area contributed by atoms with Gasteiger partial charge in [0.25, 0.3) is 0 Å². The van der Waals surface area contributed by atoms with Crippen molar-refractivity contribution in [2.75, 3.05) is 13.1 Å². The number of alkyl halides is 3. The summed E-state index contributed by atoms with van der Waals surface area (Å²) in [5, 5.41) is 7.17. The van der Waals surface area contributed by atoms with E-state index in [1.54, 1.807) is 0 Å². The quantitative estimate of drug-likeness (QED) is 0.696. The number of fused-ring (bicyclic) bond motifs is 1. The third-order valence-corrected chi connectivity index (χ3v) is 3.63. The zero-order valence-electron chi connectivity index (χ0n) is 11.1. The molecule has 0 atom stereocenters. The lowest BCUT2D eigenvalue weighted by molar-refractivity contribution is -0.137. The van der Waals surface area contributed by atoms with Gasteiger partial charge in [-0.2, -0.15) is 17.9 Å². The summed E-state index contributed by atoms with van der Waals surface area (Å²) in [5.74, 6) is 0. The largest absolute Gasteiger partial charge is 0.416 e. The average molecular weight is 331 g/mol. The molecule has 2 heterocycles. The van der Waals surface area contributed by atoms with Crippen molar-refractivity contribution in [1.29, 1.82) is 0 Å². The molecule has 2 aromatic rings. The second kappa shape index (κ2) is 5.28. The predicted molar refractivity (Wildman–Crippen MR) is 73.7 cm³/mol. The van der Waals surface area contributed by atoms with Crippen molar-refractivity contribution in [2.24, 2.45) is 0 Å². The molecule has 3 rings (SSSR count). The summed E-state index contributed by atoms with van der Waals surface area (Å²) in [5.41, 5.74) is -0.935. The molecular weight excluding hydrogens is 321 g/mol. The summed E-state index contributed by atoms with van der Waals surface area (Å²) in [6, 6.07) is 1.08. The van der Waals surface area contributed by atoms with E-state index in [2.05, 4.69) is 10.3 Å². The van der Waals surface area contributed by atoms with Crippen LogP contribution in [-0.2, 0) is 6.18 Å². The second-order valence-electron chi connectivity index (χ2n) is 4.81. The smallest absolute Gasteiger partial charge is 0.319 e. The summed E-state index contributed by atoms with van der Waals surface area (Å²) in [6.45, 7) is 0.857. The number of rotatable bonds is 0. The zero-order valence-corrected chi connectivity index (χ0v) is 11.9. The van der Waals surface area contributed by atoms with E-state index in [4.69, 9.17) is 11.6 Å². The monoisotopic (exact) mass is 330 g/mol. The summed E-state index contributed by atoms with van der Waals surface area (Å²) in [4.78, 5) is 13.8. The molecule has 0 radical (unpaired) electrons. The highest BCUT2D eigenvalue weighted by atomic mass is 35.5. The van der Waals surface area contributed by atoms with Crippen molar-refractivity contribution in [3.05, 3.63) is 34.9 Å². The van der Waals surface area contributed by atoms with Crippen LogP contribution in [0.3, 0.4) is 0 Å². The highest BCUT2D eigenvalue weighted by Gasteiger charge is 2.33. The zero-order chi connectivity index (χ0) is 15.9. The maximum Gasteiger partial charge on any atom is 0.416 e. The topological polar surface area (TPSA) is 51.0 Å². The van der Waals surface area contributed by atoms with Gasteiger partial charge in [-0.1, -0.05) is 29.0 Å². The van der Waals surface area contributed by atoms with E-state index in [0.717, 1.165) is 16.8 Å². The number of halogens is 4. The van der Waals surface area contributed by atoms with Crippen molar-refractivity contribution < 1.29 is 18.0 Å². The second-order valence-corrected chi connectivity index (χ2v) is 5.22. The maximum absolute atomic E-state index is 12.9. The Kier molecular flexibility index (Phi) is 3.56. The molecule has 0 fully saturated rings. The Morgan fingerprint density at radius 3 is 2.68 bits per heavy atom. The van der Waals surface area contributed by atoms with Crippen molar-refractivity contribution in [1.82, 2.24) is 19.9 Å². The summed E-state index contributed by atoms with van der Waals surface area (Å²) >= 11 is 5.82. The van der Waals surface area contributed by atoms with Gasteiger partial charge in [0, 0.05) is 13.1 Å². The van der Waals surface area contributed by atoms with Crippen LogP contribution in [0.15, 0.2) is 24.3 Å². The van der Waals surface area contributed by atoms with Crippen LogP contribution < -0.4 is 0 Å². The molecule has 1 aromatic heterocycles. The standard InChI is InChI=1S/C13H10ClF3N4O/c14-9-6-8(13(15,16)17)7-10-11(9)18-19-21(10)12(22)20-4-2-1-3-5-20/h1-2,6-7H,3-5H2. The molecule has 0 saturated carbocycles. The highest BCUT2D eigenvalue weighted by molar-refractivity contribution is 6.35. The van der Waals surface area contributed by atoms with Crippen molar-refractivity contribution in [3.8, 4) is 0 Å². The van der Waals surface area contributed by atoms with Gasteiger partial charge in [-0.05, 0) is 18.6 Å². The lowest BCUT2D eigenvalue weighted by Crippen LogP contribution is -2.37. The van der Waals surface area contributed by atoms with Gasteiger partial charge in [0.15, 0.2) is 0 Å². The normalized spacial score (nSPS) is 15.5. The van der Waals surface area contributed by atoms with E-state index in [1.165, 1.54) is 4.90 Å². The number of aromatic nitrogens is 3. The first-order chi connectivity index (χ1) is 10.4. The first kappa shape index (κ1) is 14.8. The van der Waals surface area contributed by atoms with Crippen LogP contribution in [0.2, 0.25) is 5.02 Å². The lowest BCUT2D eigenvalue weighted by atomic mass is 10.2. The molecule has 0 aliphatic carbocycles. The average Bonchev–Trinajstić information content (AvgIpc) is 2.91. The minimum Gasteiger partial charge on any atom is -0.319 e. The van der Waals surface area contributed by atoms with Gasteiger partial charge < -0.3 is 4.90 Å². The minimum atomic E-state index is -4.57. The molecule has 116 valence electrons. The summed E-state index contributed by atoms with van der Waals surface area (Å²) < 4.78 is 39.5. The Labute approximate surface area is 127 Å². The lowest BCUT2D eigenvalue weighted by Gasteiger charge is -2.22. The van der Waals surface area contributed by atoms with Crippen molar-refractivity contribution in [2.45, 2.75) is 12.6 Å². The summed E-state index contributed by atoms with van der Waals surface area (Å²) in [7, 11) is 0. The third-order valence-electron chi connectivity index (χ3n) is 3.34. The molecule has 0 saturated heterocycles. The van der Waals surface area contributed by atoms with Gasteiger partial charge in [0.2, 0.25) is 0 Å². The number of carbonyl (C=O) groups excluding carboxylic acids is 1. The Bertz CT molecular complexity index is 768. The molecule has 1 aliphatic heterocycles. The maximum atomic E-state index is 12.9. The van der Waals surface area contributed by atoms with E-state index in [-0.39, 0.29) is 16.1 Å². The van der Waals surface area contributed by atoms with Crippen molar-refractivity contribution >= 4 is 28.7 Å². The van der Waals surface area contributed by atoms with Crippen LogP contribution >= 0.6 is 11.6 Å². The molecule has 0 bridgehead atoms. The van der Waals surface area contributed by atoms with Crippen LogP contribution in [-0.4, -0.2) is 39.0 Å². The number of carbonyl (C=O) groups is 1. The third kappa shape index (κ3) is 2.54. The van der Waals surface area contributed by atoms with Gasteiger partial charge in [0.05, 0.1) is 10.6 Å². The number of benzene rings is 1. The van der Waals surface area contributed by atoms with Gasteiger partial charge in [0.1, 0.15) is 11.0 Å². The fourth-order valence-electron chi connectivity index (χ4n) is 2.24. The Hall–Kier alpha value is -2.09. The van der Waals surface area contributed by atoms with Crippen LogP contribution in [0.5, 0.6) is 0 Å². The molecule has 1 amide bonds. The molecule has 1 aromatic carbocycles. The Balaban J connectivity index is 2.08. The van der Waals surface area contributed by atoms with Gasteiger partial charge in [-0.25, -0.2) is 4.79 Å².